The number of aromatic nitrogens is 4. The van der Waals surface area contributed by atoms with Crippen LogP contribution in [0.5, 0.6) is 0 Å². The maximum absolute atomic E-state index is 13.3. The van der Waals surface area contributed by atoms with E-state index in [2.05, 4.69) is 26.9 Å². The van der Waals surface area contributed by atoms with Gasteiger partial charge in [0.05, 0.1) is 11.3 Å². The molecule has 30 heavy (non-hydrogen) atoms. The highest BCUT2D eigenvalue weighted by atomic mass is 19.1. The van der Waals surface area contributed by atoms with Crippen molar-refractivity contribution in [2.45, 2.75) is 26.8 Å². The molecule has 0 unspecified atom stereocenters. The fraction of sp³-hybridized carbons (Fsp3) is 0.364. The topological polar surface area (TPSA) is 67.2 Å². The van der Waals surface area contributed by atoms with Crippen molar-refractivity contribution in [3.63, 3.8) is 0 Å². The van der Waals surface area contributed by atoms with E-state index in [0.717, 1.165) is 30.0 Å². The molecule has 0 saturated carbocycles. The van der Waals surface area contributed by atoms with E-state index in [1.807, 2.05) is 22.7 Å². The van der Waals surface area contributed by atoms with Crippen molar-refractivity contribution in [3.8, 4) is 11.3 Å². The first-order valence-electron chi connectivity index (χ1n) is 10.2. The Labute approximate surface area is 175 Å². The van der Waals surface area contributed by atoms with Gasteiger partial charge in [0.2, 0.25) is 0 Å². The molecule has 2 aromatic heterocycles. The normalized spacial score (nSPS) is 14.2. The van der Waals surface area contributed by atoms with Gasteiger partial charge in [-0.25, -0.2) is 9.37 Å². The van der Waals surface area contributed by atoms with E-state index in [1.54, 1.807) is 24.5 Å². The minimum absolute atomic E-state index is 0.0207. The van der Waals surface area contributed by atoms with Gasteiger partial charge < -0.3 is 9.80 Å². The lowest BCUT2D eigenvalue weighted by atomic mass is 10.1. The molecular weight excluding hydrogens is 383 g/mol. The summed E-state index contributed by atoms with van der Waals surface area (Å²) < 4.78 is 15.1. The summed E-state index contributed by atoms with van der Waals surface area (Å²) in [4.78, 5) is 26.0. The Morgan fingerprint density at radius 2 is 1.77 bits per heavy atom. The molecule has 1 aromatic carbocycles. The number of carbonyl (C=O) groups is 1. The van der Waals surface area contributed by atoms with E-state index in [9.17, 15) is 9.18 Å². The van der Waals surface area contributed by atoms with Crippen LogP contribution in [0.4, 0.5) is 10.2 Å². The second-order valence-electron chi connectivity index (χ2n) is 7.41. The van der Waals surface area contributed by atoms with Crippen LogP contribution in [-0.2, 0) is 6.54 Å². The number of carbonyl (C=O) groups excluding carboxylic acids is 1. The Morgan fingerprint density at radius 3 is 2.47 bits per heavy atom. The van der Waals surface area contributed by atoms with Gasteiger partial charge in [0.1, 0.15) is 11.5 Å². The van der Waals surface area contributed by atoms with Crippen molar-refractivity contribution in [1.29, 1.82) is 0 Å². The lowest BCUT2D eigenvalue weighted by molar-refractivity contribution is 0.0745. The van der Waals surface area contributed by atoms with Gasteiger partial charge in [-0.05, 0) is 37.6 Å². The third-order valence-electron chi connectivity index (χ3n) is 5.29. The van der Waals surface area contributed by atoms with Crippen LogP contribution in [-0.4, -0.2) is 56.7 Å². The number of rotatable bonds is 5. The Morgan fingerprint density at radius 1 is 1.07 bits per heavy atom. The molecule has 0 aliphatic carbocycles. The molecule has 1 aliphatic heterocycles. The van der Waals surface area contributed by atoms with Crippen molar-refractivity contribution in [3.05, 3.63) is 59.9 Å². The number of nitrogens with zero attached hydrogens (tertiary/aromatic N) is 6. The van der Waals surface area contributed by atoms with Gasteiger partial charge in [0.25, 0.3) is 5.91 Å². The van der Waals surface area contributed by atoms with Crippen LogP contribution >= 0.6 is 0 Å². The molecule has 0 atom stereocenters. The van der Waals surface area contributed by atoms with E-state index in [-0.39, 0.29) is 11.7 Å². The molecule has 1 aliphatic rings. The number of anilines is 1. The highest BCUT2D eigenvalue weighted by Crippen LogP contribution is 2.27. The summed E-state index contributed by atoms with van der Waals surface area (Å²) in [5.41, 5.74) is 2.97. The molecule has 7 nitrogen and oxygen atoms in total. The zero-order valence-electron chi connectivity index (χ0n) is 17.3. The Hall–Kier alpha value is -3.29. The van der Waals surface area contributed by atoms with Crippen molar-refractivity contribution in [2.24, 2.45) is 0 Å². The van der Waals surface area contributed by atoms with Gasteiger partial charge in [-0.2, -0.15) is 5.10 Å². The average molecular weight is 408 g/mol. The molecule has 3 aromatic rings. The van der Waals surface area contributed by atoms with Gasteiger partial charge in [0, 0.05) is 56.9 Å². The van der Waals surface area contributed by atoms with Crippen LogP contribution < -0.4 is 4.90 Å². The van der Waals surface area contributed by atoms with Crippen LogP contribution in [0.2, 0.25) is 0 Å². The molecule has 1 saturated heterocycles. The number of hydrogen-bond acceptors (Lipinski definition) is 5. The summed E-state index contributed by atoms with van der Waals surface area (Å²) in [6.45, 7) is 7.27. The number of benzene rings is 1. The number of piperazine rings is 1. The van der Waals surface area contributed by atoms with Gasteiger partial charge in [-0.3, -0.25) is 14.5 Å². The number of amides is 1. The zero-order valence-corrected chi connectivity index (χ0v) is 17.3. The molecule has 8 heteroatoms. The summed E-state index contributed by atoms with van der Waals surface area (Å²) in [6, 6.07) is 6.26. The van der Waals surface area contributed by atoms with Gasteiger partial charge in [-0.15, -0.1) is 0 Å². The monoisotopic (exact) mass is 408 g/mol. The third-order valence-corrected chi connectivity index (χ3v) is 5.29. The first-order chi connectivity index (χ1) is 14.6. The number of aryl methyl sites for hydroxylation is 2. The quantitative estimate of drug-likeness (QED) is 0.649. The first-order valence-corrected chi connectivity index (χ1v) is 10.2. The average Bonchev–Trinajstić information content (AvgIpc) is 3.14. The van der Waals surface area contributed by atoms with Crippen LogP contribution in [0.25, 0.3) is 11.3 Å². The molecule has 1 amide bonds. The summed E-state index contributed by atoms with van der Waals surface area (Å²) >= 11 is 0. The fourth-order valence-electron chi connectivity index (χ4n) is 3.74. The molecule has 0 bridgehead atoms. The lowest BCUT2D eigenvalue weighted by Gasteiger charge is -2.35. The molecule has 156 valence electrons. The lowest BCUT2D eigenvalue weighted by Crippen LogP contribution is -2.49. The smallest absolute Gasteiger partial charge is 0.257 e. The van der Waals surface area contributed by atoms with E-state index in [0.29, 0.717) is 37.4 Å². The van der Waals surface area contributed by atoms with Crippen molar-refractivity contribution >= 4 is 11.7 Å². The molecule has 0 spiro atoms. The SMILES string of the molecule is CCCn1cc(C(=O)N2CCN(c3nccnc3-c3ccc(F)cc3)CC2)c(C)n1. The van der Waals surface area contributed by atoms with E-state index < -0.39 is 0 Å². The standard InChI is InChI=1S/C22H25FN6O/c1-3-10-29-15-19(16(2)26-29)22(30)28-13-11-27(12-14-28)21-20(24-8-9-25-21)17-4-6-18(23)7-5-17/h4-9,15H,3,10-14H2,1-2H3. The van der Waals surface area contributed by atoms with Crippen molar-refractivity contribution in [2.75, 3.05) is 31.1 Å². The van der Waals surface area contributed by atoms with Gasteiger partial charge >= 0.3 is 0 Å². The summed E-state index contributed by atoms with van der Waals surface area (Å²) in [5.74, 6) is 0.490. The van der Waals surface area contributed by atoms with Crippen LogP contribution in [0.15, 0.2) is 42.9 Å². The van der Waals surface area contributed by atoms with Gasteiger partial charge in [0.15, 0.2) is 5.82 Å². The molecule has 0 radical (unpaired) electrons. The van der Waals surface area contributed by atoms with Crippen LogP contribution in [0.1, 0.15) is 29.4 Å². The van der Waals surface area contributed by atoms with Crippen molar-refractivity contribution < 1.29 is 9.18 Å². The van der Waals surface area contributed by atoms with E-state index >= 15 is 0 Å². The molecule has 0 N–H and O–H groups in total. The molecule has 3 heterocycles. The van der Waals surface area contributed by atoms with Crippen LogP contribution in [0, 0.1) is 12.7 Å². The van der Waals surface area contributed by atoms with E-state index in [4.69, 9.17) is 0 Å². The predicted octanol–water partition coefficient (Wildman–Crippen LogP) is 3.16. The Kier molecular flexibility index (Phi) is 5.74. The molecular formula is C22H25FN6O. The van der Waals surface area contributed by atoms with E-state index in [1.165, 1.54) is 12.1 Å². The summed E-state index contributed by atoms with van der Waals surface area (Å²) in [6.07, 6.45) is 6.12. The number of halogens is 1. The Balaban J connectivity index is 1.48. The number of hydrogen-bond donors (Lipinski definition) is 0. The zero-order chi connectivity index (χ0) is 21.1. The summed E-state index contributed by atoms with van der Waals surface area (Å²) in [7, 11) is 0. The second kappa shape index (κ2) is 8.61. The third kappa shape index (κ3) is 4.03. The first kappa shape index (κ1) is 20.0. The maximum Gasteiger partial charge on any atom is 0.257 e. The largest absolute Gasteiger partial charge is 0.351 e. The molecule has 1 fully saturated rings. The predicted molar refractivity (Wildman–Crippen MR) is 113 cm³/mol. The minimum Gasteiger partial charge on any atom is -0.351 e. The fourth-order valence-corrected chi connectivity index (χ4v) is 3.74. The highest BCUT2D eigenvalue weighted by Gasteiger charge is 2.26. The maximum atomic E-state index is 13.3. The van der Waals surface area contributed by atoms with Crippen LogP contribution in [0.3, 0.4) is 0 Å². The summed E-state index contributed by atoms with van der Waals surface area (Å²) in [5, 5.41) is 4.44. The minimum atomic E-state index is -0.283. The van der Waals surface area contributed by atoms with Gasteiger partial charge in [-0.1, -0.05) is 6.92 Å². The highest BCUT2D eigenvalue weighted by molar-refractivity contribution is 5.95. The molecule has 4 rings (SSSR count). The van der Waals surface area contributed by atoms with Crippen molar-refractivity contribution in [1.82, 2.24) is 24.6 Å². The Bertz CT molecular complexity index is 1020. The second-order valence-corrected chi connectivity index (χ2v) is 7.41.